The molecule has 2 nitrogen and oxygen atoms in total. The van der Waals surface area contributed by atoms with Crippen LogP contribution < -0.4 is 5.73 Å². The summed E-state index contributed by atoms with van der Waals surface area (Å²) in [7, 11) is 0. The van der Waals surface area contributed by atoms with Crippen LogP contribution in [0, 0.1) is 5.82 Å². The van der Waals surface area contributed by atoms with E-state index in [1.807, 2.05) is 0 Å². The van der Waals surface area contributed by atoms with E-state index in [-0.39, 0.29) is 5.56 Å². The summed E-state index contributed by atoms with van der Waals surface area (Å²) in [4.78, 5) is 9.96. The van der Waals surface area contributed by atoms with E-state index in [9.17, 15) is 9.18 Å². The standard InChI is InChI=1S/C8H6Br2FNO/c9-4-1-2-5(6(11)3-4)7(10)8(12)13/h1-3,7H,(H2,12,13)/t7-/m1/s1. The van der Waals surface area contributed by atoms with Crippen molar-refractivity contribution in [2.24, 2.45) is 5.73 Å². The molecule has 0 unspecified atom stereocenters. The van der Waals surface area contributed by atoms with Crippen LogP contribution >= 0.6 is 31.9 Å². The molecule has 0 fully saturated rings. The van der Waals surface area contributed by atoms with Gasteiger partial charge in [0, 0.05) is 10.0 Å². The molecule has 0 spiro atoms. The van der Waals surface area contributed by atoms with Gasteiger partial charge < -0.3 is 5.73 Å². The van der Waals surface area contributed by atoms with E-state index < -0.39 is 16.6 Å². The van der Waals surface area contributed by atoms with E-state index in [1.54, 1.807) is 6.07 Å². The number of hydrogen-bond donors (Lipinski definition) is 1. The number of nitrogens with two attached hydrogens (primary N) is 1. The van der Waals surface area contributed by atoms with Crippen molar-refractivity contribution in [3.63, 3.8) is 0 Å². The molecule has 5 heteroatoms. The summed E-state index contributed by atoms with van der Waals surface area (Å²) in [6, 6.07) is 4.44. The molecule has 0 radical (unpaired) electrons. The first-order valence-electron chi connectivity index (χ1n) is 3.40. The van der Waals surface area contributed by atoms with Gasteiger partial charge in [0.05, 0.1) is 0 Å². The van der Waals surface area contributed by atoms with Crippen LogP contribution in [-0.2, 0) is 4.79 Å². The molecule has 0 aliphatic carbocycles. The summed E-state index contributed by atoms with van der Waals surface area (Å²) < 4.78 is 13.8. The number of carbonyl (C=O) groups is 1. The molecule has 70 valence electrons. The first-order valence-corrected chi connectivity index (χ1v) is 5.11. The zero-order chi connectivity index (χ0) is 10.0. The third-order valence-electron chi connectivity index (χ3n) is 1.49. The number of alkyl halides is 1. The first kappa shape index (κ1) is 10.7. The Bertz CT molecular complexity index is 343. The Balaban J connectivity index is 3.08. The maximum atomic E-state index is 13.2. The Hall–Kier alpha value is -0.420. The van der Waals surface area contributed by atoms with Gasteiger partial charge in [0.1, 0.15) is 10.6 Å². The largest absolute Gasteiger partial charge is 0.368 e. The number of primary amides is 1. The fourth-order valence-corrected chi connectivity index (χ4v) is 1.56. The highest BCUT2D eigenvalue weighted by Gasteiger charge is 2.17. The normalized spacial score (nSPS) is 12.5. The molecule has 1 atom stereocenters. The van der Waals surface area contributed by atoms with Crippen LogP contribution in [0.1, 0.15) is 10.4 Å². The molecule has 1 rings (SSSR count). The molecule has 1 aromatic carbocycles. The van der Waals surface area contributed by atoms with Gasteiger partial charge in [-0.05, 0) is 12.1 Å². The molecule has 1 amide bonds. The van der Waals surface area contributed by atoms with E-state index in [2.05, 4.69) is 31.9 Å². The van der Waals surface area contributed by atoms with Crippen molar-refractivity contribution in [1.29, 1.82) is 0 Å². The molecule has 0 heterocycles. The van der Waals surface area contributed by atoms with Crippen molar-refractivity contribution in [2.45, 2.75) is 4.83 Å². The molecule has 0 aromatic heterocycles. The number of carbonyl (C=O) groups excluding carboxylic acids is 1. The highest BCUT2D eigenvalue weighted by Crippen LogP contribution is 2.26. The number of halogens is 3. The minimum atomic E-state index is -0.777. The Kier molecular flexibility index (Phi) is 3.44. The fraction of sp³-hybridized carbons (Fsp3) is 0.125. The molecule has 1 aromatic rings. The number of hydrogen-bond acceptors (Lipinski definition) is 1. The van der Waals surface area contributed by atoms with Gasteiger partial charge in [0.2, 0.25) is 5.91 Å². The van der Waals surface area contributed by atoms with Crippen LogP contribution in [0.2, 0.25) is 0 Å². The van der Waals surface area contributed by atoms with Crippen molar-refractivity contribution in [3.8, 4) is 0 Å². The monoisotopic (exact) mass is 309 g/mol. The zero-order valence-corrected chi connectivity index (χ0v) is 9.60. The second kappa shape index (κ2) is 4.19. The van der Waals surface area contributed by atoms with Gasteiger partial charge in [-0.2, -0.15) is 0 Å². The third-order valence-corrected chi connectivity index (χ3v) is 2.92. The van der Waals surface area contributed by atoms with Crippen LogP contribution in [-0.4, -0.2) is 5.91 Å². The van der Waals surface area contributed by atoms with Gasteiger partial charge in [0.25, 0.3) is 0 Å². The highest BCUT2D eigenvalue weighted by molar-refractivity contribution is 9.10. The smallest absolute Gasteiger partial charge is 0.235 e. The highest BCUT2D eigenvalue weighted by atomic mass is 79.9. The minimum Gasteiger partial charge on any atom is -0.368 e. The zero-order valence-electron chi connectivity index (χ0n) is 6.43. The van der Waals surface area contributed by atoms with Gasteiger partial charge in [-0.25, -0.2) is 4.39 Å². The van der Waals surface area contributed by atoms with E-state index in [4.69, 9.17) is 5.73 Å². The first-order chi connectivity index (χ1) is 6.02. The third kappa shape index (κ3) is 2.51. The Morgan fingerprint density at radius 1 is 1.54 bits per heavy atom. The van der Waals surface area contributed by atoms with E-state index in [1.165, 1.54) is 12.1 Å². The molecule has 0 aliphatic rings. The fourth-order valence-electron chi connectivity index (χ4n) is 0.860. The quantitative estimate of drug-likeness (QED) is 0.838. The van der Waals surface area contributed by atoms with Crippen LogP contribution in [0.15, 0.2) is 22.7 Å². The Morgan fingerprint density at radius 2 is 2.15 bits per heavy atom. The predicted octanol–water partition coefficient (Wildman–Crippen LogP) is 2.51. The molecule has 0 bridgehead atoms. The van der Waals surface area contributed by atoms with Gasteiger partial charge in [-0.3, -0.25) is 4.79 Å². The van der Waals surface area contributed by atoms with Crippen molar-refractivity contribution in [2.75, 3.05) is 0 Å². The molecular formula is C8H6Br2FNO. The van der Waals surface area contributed by atoms with E-state index in [0.29, 0.717) is 4.47 Å². The SMILES string of the molecule is NC(=O)[C@H](Br)c1ccc(Br)cc1F. The average Bonchev–Trinajstić information content (AvgIpc) is 2.03. The lowest BCUT2D eigenvalue weighted by atomic mass is 10.1. The Morgan fingerprint density at radius 3 is 2.62 bits per heavy atom. The summed E-state index contributed by atoms with van der Waals surface area (Å²) in [6.07, 6.45) is 0. The summed E-state index contributed by atoms with van der Waals surface area (Å²) >= 11 is 6.11. The van der Waals surface area contributed by atoms with Crippen LogP contribution in [0.4, 0.5) is 4.39 Å². The van der Waals surface area contributed by atoms with Gasteiger partial charge in [-0.15, -0.1) is 0 Å². The molecule has 0 aliphatic heterocycles. The lowest BCUT2D eigenvalue weighted by molar-refractivity contribution is -0.117. The van der Waals surface area contributed by atoms with Crippen molar-refractivity contribution in [3.05, 3.63) is 34.1 Å². The van der Waals surface area contributed by atoms with E-state index in [0.717, 1.165) is 0 Å². The summed E-state index contributed by atoms with van der Waals surface area (Å²) in [5.74, 6) is -1.07. The van der Waals surface area contributed by atoms with Crippen LogP contribution in [0.25, 0.3) is 0 Å². The number of benzene rings is 1. The molecular weight excluding hydrogens is 305 g/mol. The Labute approximate surface area is 91.6 Å². The number of amides is 1. The van der Waals surface area contributed by atoms with Crippen LogP contribution in [0.5, 0.6) is 0 Å². The van der Waals surface area contributed by atoms with Crippen molar-refractivity contribution in [1.82, 2.24) is 0 Å². The summed E-state index contributed by atoms with van der Waals surface area (Å²) in [5.41, 5.74) is 5.26. The minimum absolute atomic E-state index is 0.246. The van der Waals surface area contributed by atoms with Crippen molar-refractivity contribution < 1.29 is 9.18 Å². The second-order valence-corrected chi connectivity index (χ2v) is 4.26. The number of rotatable bonds is 2. The van der Waals surface area contributed by atoms with E-state index >= 15 is 0 Å². The molecule has 0 saturated heterocycles. The lowest BCUT2D eigenvalue weighted by Gasteiger charge is -2.06. The topological polar surface area (TPSA) is 43.1 Å². The lowest BCUT2D eigenvalue weighted by Crippen LogP contribution is -2.17. The van der Waals surface area contributed by atoms with Crippen molar-refractivity contribution >= 4 is 37.8 Å². The van der Waals surface area contributed by atoms with Gasteiger partial charge >= 0.3 is 0 Å². The average molecular weight is 311 g/mol. The molecule has 0 saturated carbocycles. The molecule has 2 N–H and O–H groups in total. The summed E-state index contributed by atoms with van der Waals surface area (Å²) in [6.45, 7) is 0. The second-order valence-electron chi connectivity index (χ2n) is 2.43. The predicted molar refractivity (Wildman–Crippen MR) is 55.0 cm³/mol. The summed E-state index contributed by atoms with van der Waals surface area (Å²) in [5, 5.41) is 0. The van der Waals surface area contributed by atoms with Gasteiger partial charge in [-0.1, -0.05) is 37.9 Å². The maximum absolute atomic E-state index is 13.2. The van der Waals surface area contributed by atoms with Gasteiger partial charge in [0.15, 0.2) is 0 Å². The maximum Gasteiger partial charge on any atom is 0.235 e. The molecule has 13 heavy (non-hydrogen) atoms. The van der Waals surface area contributed by atoms with Crippen LogP contribution in [0.3, 0.4) is 0 Å².